The molecule has 1 atom stereocenters. The summed E-state index contributed by atoms with van der Waals surface area (Å²) in [4.78, 5) is 13.7. The monoisotopic (exact) mass is 258 g/mol. The molecule has 0 aliphatic carbocycles. The van der Waals surface area contributed by atoms with E-state index < -0.39 is 0 Å². The quantitative estimate of drug-likeness (QED) is 0.856. The lowest BCUT2D eigenvalue weighted by atomic mass is 10.1. The molecule has 1 aromatic heterocycles. The minimum atomic E-state index is 0.236. The molecule has 0 spiro atoms. The molecule has 0 saturated carbocycles. The fraction of sp³-hybridized carbons (Fsp3) is 0.429. The average molecular weight is 258 g/mol. The fourth-order valence-electron chi connectivity index (χ4n) is 2.64. The van der Waals surface area contributed by atoms with E-state index in [0.717, 1.165) is 30.4 Å². The van der Waals surface area contributed by atoms with E-state index in [2.05, 4.69) is 22.3 Å². The van der Waals surface area contributed by atoms with Gasteiger partial charge in [-0.25, -0.2) is 0 Å². The van der Waals surface area contributed by atoms with Crippen LogP contribution < -0.4 is 5.73 Å². The van der Waals surface area contributed by atoms with Gasteiger partial charge in [0.15, 0.2) is 0 Å². The van der Waals surface area contributed by atoms with Crippen LogP contribution in [0, 0.1) is 5.92 Å². The third kappa shape index (κ3) is 2.46. The van der Waals surface area contributed by atoms with Crippen LogP contribution in [0.5, 0.6) is 0 Å². The van der Waals surface area contributed by atoms with Crippen LogP contribution in [0.1, 0.15) is 12.0 Å². The molecule has 2 aromatic rings. The first-order valence-corrected chi connectivity index (χ1v) is 6.66. The Hall–Kier alpha value is -1.88. The number of aromatic nitrogens is 2. The summed E-state index contributed by atoms with van der Waals surface area (Å²) in [6.07, 6.45) is 3.31. The highest BCUT2D eigenvalue weighted by Gasteiger charge is 2.27. The van der Waals surface area contributed by atoms with Crippen LogP contribution in [0.15, 0.2) is 24.4 Å². The normalized spacial score (nSPS) is 19.5. The summed E-state index contributed by atoms with van der Waals surface area (Å²) < 4.78 is 0. The van der Waals surface area contributed by atoms with Crippen molar-refractivity contribution in [1.29, 1.82) is 0 Å². The third-order valence-corrected chi connectivity index (χ3v) is 3.80. The van der Waals surface area contributed by atoms with E-state index in [1.807, 2.05) is 17.2 Å². The minimum absolute atomic E-state index is 0.236. The van der Waals surface area contributed by atoms with E-state index in [0.29, 0.717) is 18.9 Å². The molecule has 1 saturated heterocycles. The maximum atomic E-state index is 11.8. The number of aromatic amines is 1. The number of carbonyl (C=O) groups is 1. The van der Waals surface area contributed by atoms with Crippen molar-refractivity contribution in [2.45, 2.75) is 12.8 Å². The lowest BCUT2D eigenvalue weighted by molar-refractivity contribution is -0.127. The molecule has 3 N–H and O–H groups in total. The number of hydrogen-bond acceptors (Lipinski definition) is 3. The number of H-pyrrole nitrogens is 1. The van der Waals surface area contributed by atoms with Gasteiger partial charge in [-0.05, 0) is 36.6 Å². The molecule has 5 heteroatoms. The number of nitrogens with zero attached hydrogens (tertiary/aromatic N) is 2. The van der Waals surface area contributed by atoms with Gasteiger partial charge in [0, 0.05) is 24.9 Å². The van der Waals surface area contributed by atoms with Gasteiger partial charge < -0.3 is 10.6 Å². The minimum Gasteiger partial charge on any atom is -0.342 e. The molecule has 0 radical (unpaired) electrons. The lowest BCUT2D eigenvalue weighted by Gasteiger charge is -2.16. The second kappa shape index (κ2) is 5.01. The smallest absolute Gasteiger partial charge is 0.222 e. The third-order valence-electron chi connectivity index (χ3n) is 3.80. The van der Waals surface area contributed by atoms with E-state index in [9.17, 15) is 4.79 Å². The van der Waals surface area contributed by atoms with Crippen LogP contribution in [0.25, 0.3) is 10.9 Å². The van der Waals surface area contributed by atoms with Gasteiger partial charge in [0.05, 0.1) is 11.7 Å². The number of carbonyl (C=O) groups excluding carboxylic acids is 1. The van der Waals surface area contributed by atoms with Crippen LogP contribution in [-0.2, 0) is 11.2 Å². The highest BCUT2D eigenvalue weighted by Crippen LogP contribution is 2.18. The lowest BCUT2D eigenvalue weighted by Crippen LogP contribution is -2.28. The van der Waals surface area contributed by atoms with Gasteiger partial charge in [-0.1, -0.05) is 6.07 Å². The number of benzene rings is 1. The number of amides is 1. The van der Waals surface area contributed by atoms with Crippen molar-refractivity contribution in [3.05, 3.63) is 30.0 Å². The number of nitrogens with one attached hydrogen (secondary N) is 1. The summed E-state index contributed by atoms with van der Waals surface area (Å²) in [5.74, 6) is 0.573. The van der Waals surface area contributed by atoms with Crippen LogP contribution >= 0.6 is 0 Å². The number of fused-ring (bicyclic) bond motifs is 1. The van der Waals surface area contributed by atoms with Crippen LogP contribution in [-0.4, -0.2) is 40.6 Å². The van der Waals surface area contributed by atoms with Crippen molar-refractivity contribution in [2.24, 2.45) is 11.7 Å². The Kier molecular flexibility index (Phi) is 3.21. The summed E-state index contributed by atoms with van der Waals surface area (Å²) in [6, 6.07) is 6.24. The topological polar surface area (TPSA) is 75.0 Å². The maximum absolute atomic E-state index is 11.8. The van der Waals surface area contributed by atoms with Crippen LogP contribution in [0.3, 0.4) is 0 Å². The Morgan fingerprint density at radius 2 is 2.37 bits per heavy atom. The molecule has 1 amide bonds. The first-order valence-electron chi connectivity index (χ1n) is 6.66. The zero-order chi connectivity index (χ0) is 13.2. The summed E-state index contributed by atoms with van der Waals surface area (Å²) in [5.41, 5.74) is 7.91. The zero-order valence-electron chi connectivity index (χ0n) is 10.8. The molecule has 2 heterocycles. The average Bonchev–Trinajstić information content (AvgIpc) is 3.02. The van der Waals surface area contributed by atoms with Gasteiger partial charge in [-0.2, -0.15) is 5.10 Å². The van der Waals surface area contributed by atoms with Crippen LogP contribution in [0.4, 0.5) is 0 Å². The van der Waals surface area contributed by atoms with E-state index in [4.69, 9.17) is 5.73 Å². The van der Waals surface area contributed by atoms with E-state index in [-0.39, 0.29) is 5.91 Å². The molecule has 1 fully saturated rings. The predicted octanol–water partition coefficient (Wildman–Crippen LogP) is 0.913. The Labute approximate surface area is 111 Å². The summed E-state index contributed by atoms with van der Waals surface area (Å²) in [7, 11) is 0. The van der Waals surface area contributed by atoms with Gasteiger partial charge in [-0.15, -0.1) is 0 Å². The standard InChI is InChI=1S/C14H18N4O/c15-7-11-6-14(19)18(9-11)4-3-10-1-2-13-12(5-10)8-16-17-13/h1-2,5,8,11H,3-4,6-7,9,15H2,(H,16,17). The molecular formula is C14H18N4O. The number of hydrogen-bond donors (Lipinski definition) is 2. The molecule has 1 aliphatic rings. The first-order chi connectivity index (χ1) is 9.26. The second-order valence-corrected chi connectivity index (χ2v) is 5.19. The van der Waals surface area contributed by atoms with Crippen molar-refractivity contribution >= 4 is 16.8 Å². The molecule has 19 heavy (non-hydrogen) atoms. The Balaban J connectivity index is 1.64. The number of likely N-dealkylation sites (tertiary alicyclic amines) is 1. The molecule has 100 valence electrons. The number of nitrogens with two attached hydrogens (primary N) is 1. The molecular weight excluding hydrogens is 240 g/mol. The van der Waals surface area contributed by atoms with Gasteiger partial charge >= 0.3 is 0 Å². The van der Waals surface area contributed by atoms with E-state index in [1.165, 1.54) is 5.56 Å². The zero-order valence-corrected chi connectivity index (χ0v) is 10.8. The molecule has 5 nitrogen and oxygen atoms in total. The molecule has 1 aromatic carbocycles. The van der Waals surface area contributed by atoms with Crippen molar-refractivity contribution in [3.8, 4) is 0 Å². The van der Waals surface area contributed by atoms with Gasteiger partial charge in [0.1, 0.15) is 0 Å². The van der Waals surface area contributed by atoms with Crippen molar-refractivity contribution < 1.29 is 4.79 Å². The van der Waals surface area contributed by atoms with Crippen molar-refractivity contribution in [3.63, 3.8) is 0 Å². The summed E-state index contributed by atoms with van der Waals surface area (Å²) >= 11 is 0. The SMILES string of the molecule is NCC1CC(=O)N(CCc2ccc3[nH]ncc3c2)C1. The molecule has 3 rings (SSSR count). The highest BCUT2D eigenvalue weighted by molar-refractivity contribution is 5.79. The Bertz CT molecular complexity index is 592. The summed E-state index contributed by atoms with van der Waals surface area (Å²) in [6.45, 7) is 2.19. The van der Waals surface area contributed by atoms with Gasteiger partial charge in [0.2, 0.25) is 5.91 Å². The maximum Gasteiger partial charge on any atom is 0.222 e. The molecule has 1 aliphatic heterocycles. The van der Waals surface area contributed by atoms with E-state index >= 15 is 0 Å². The Morgan fingerprint density at radius 1 is 1.47 bits per heavy atom. The van der Waals surface area contributed by atoms with Gasteiger partial charge in [-0.3, -0.25) is 9.89 Å². The summed E-state index contributed by atoms with van der Waals surface area (Å²) in [5, 5.41) is 8.06. The van der Waals surface area contributed by atoms with Crippen LogP contribution in [0.2, 0.25) is 0 Å². The fourth-order valence-corrected chi connectivity index (χ4v) is 2.64. The highest BCUT2D eigenvalue weighted by atomic mass is 16.2. The second-order valence-electron chi connectivity index (χ2n) is 5.19. The van der Waals surface area contributed by atoms with E-state index in [1.54, 1.807) is 0 Å². The van der Waals surface area contributed by atoms with Crippen molar-refractivity contribution in [2.75, 3.05) is 19.6 Å². The Morgan fingerprint density at radius 3 is 3.16 bits per heavy atom. The molecule has 0 bridgehead atoms. The number of rotatable bonds is 4. The van der Waals surface area contributed by atoms with Gasteiger partial charge in [0.25, 0.3) is 0 Å². The van der Waals surface area contributed by atoms with Crippen molar-refractivity contribution in [1.82, 2.24) is 15.1 Å². The first kappa shape index (κ1) is 12.2. The largest absolute Gasteiger partial charge is 0.342 e. The predicted molar refractivity (Wildman–Crippen MR) is 73.5 cm³/mol. The molecule has 1 unspecified atom stereocenters.